The van der Waals surface area contributed by atoms with Gasteiger partial charge in [-0.3, -0.25) is 9.88 Å². The maximum atomic E-state index is 12.4. The molecule has 7 heteroatoms. The molecule has 136 valence electrons. The zero-order valence-corrected chi connectivity index (χ0v) is 14.1. The van der Waals surface area contributed by atoms with Crippen LogP contribution in [-0.2, 0) is 22.6 Å². The van der Waals surface area contributed by atoms with Crippen LogP contribution in [0.2, 0.25) is 0 Å². The lowest BCUT2D eigenvalue weighted by atomic mass is 9.92. The van der Waals surface area contributed by atoms with E-state index in [0.717, 1.165) is 16.0 Å². The number of hydrogen-bond donors (Lipinski definition) is 2. The molecular weight excluding hydrogens is 336 g/mol. The molecule has 0 spiro atoms. The number of pyridine rings is 1. The van der Waals surface area contributed by atoms with E-state index in [0.29, 0.717) is 0 Å². The molecule has 1 fully saturated rings. The predicted octanol–water partition coefficient (Wildman–Crippen LogP) is 1.85. The van der Waals surface area contributed by atoms with Crippen molar-refractivity contribution in [3.05, 3.63) is 66.0 Å². The number of nitrogens with zero attached hydrogens (tertiary/aromatic N) is 2. The maximum absolute atomic E-state index is 12.4. The Morgan fingerprint density at radius 3 is 2.50 bits per heavy atom. The quantitative estimate of drug-likeness (QED) is 0.848. The van der Waals surface area contributed by atoms with Gasteiger partial charge in [-0.05, 0) is 23.3 Å². The molecule has 0 saturated carbocycles. The number of aliphatic hydroxyl groups is 1. The van der Waals surface area contributed by atoms with Gasteiger partial charge in [0.25, 0.3) is 0 Å². The average Bonchev–Trinajstić information content (AvgIpc) is 2.99. The highest BCUT2D eigenvalue weighted by Gasteiger charge is 2.48. The Morgan fingerprint density at radius 1 is 1.15 bits per heavy atom. The molecule has 0 aliphatic carbocycles. The monoisotopic (exact) mass is 356 g/mol. The number of β-amino-alcohol motifs (C(OH)–C–C–N with tert-alkyl or cyclic N) is 1. The summed E-state index contributed by atoms with van der Waals surface area (Å²) in [5.41, 5.74) is 0.306. The number of carbonyl (C=O) groups excluding carboxylic acids is 1. The summed E-state index contributed by atoms with van der Waals surface area (Å²) in [6.45, 7) is -0.0504. The van der Waals surface area contributed by atoms with E-state index in [1.807, 2.05) is 30.3 Å². The average molecular weight is 356 g/mol. The third kappa shape index (κ3) is 4.18. The van der Waals surface area contributed by atoms with Gasteiger partial charge in [0.15, 0.2) is 0 Å². The van der Waals surface area contributed by atoms with Crippen molar-refractivity contribution in [1.29, 1.82) is 0 Å². The number of ether oxygens (including phenoxy) is 1. The fraction of sp³-hybridized carbons (Fsp3) is 0.316. The molecule has 3 rings (SSSR count). The number of aromatic nitrogens is 1. The van der Waals surface area contributed by atoms with Crippen molar-refractivity contribution >= 4 is 12.1 Å². The molecule has 26 heavy (non-hydrogen) atoms. The van der Waals surface area contributed by atoms with Crippen LogP contribution < -0.4 is 0 Å². The van der Waals surface area contributed by atoms with Gasteiger partial charge in [-0.1, -0.05) is 30.3 Å². The molecule has 1 unspecified atom stereocenters. The molecule has 7 nitrogen and oxygen atoms in total. The number of carbonyl (C=O) groups is 2. The SMILES string of the molecule is O=C(O)[C@@H]1CC(O)(Cc2ccncc2)CN1C(=O)OCc1ccccc1. The van der Waals surface area contributed by atoms with E-state index in [2.05, 4.69) is 4.98 Å². The Morgan fingerprint density at radius 2 is 1.85 bits per heavy atom. The Bertz CT molecular complexity index is 768. The van der Waals surface area contributed by atoms with E-state index >= 15 is 0 Å². The van der Waals surface area contributed by atoms with Gasteiger partial charge >= 0.3 is 12.1 Å². The summed E-state index contributed by atoms with van der Waals surface area (Å²) in [4.78, 5) is 29.0. The summed E-state index contributed by atoms with van der Waals surface area (Å²) < 4.78 is 5.24. The maximum Gasteiger partial charge on any atom is 0.410 e. The van der Waals surface area contributed by atoms with E-state index in [4.69, 9.17) is 4.74 Å². The first-order valence-corrected chi connectivity index (χ1v) is 8.28. The molecule has 2 heterocycles. The molecule has 1 aliphatic rings. The summed E-state index contributed by atoms with van der Waals surface area (Å²) >= 11 is 0. The van der Waals surface area contributed by atoms with Crippen molar-refractivity contribution < 1.29 is 24.5 Å². The van der Waals surface area contributed by atoms with Gasteiger partial charge in [-0.15, -0.1) is 0 Å². The number of carboxylic acids is 1. The van der Waals surface area contributed by atoms with Gasteiger partial charge < -0.3 is 14.9 Å². The summed E-state index contributed by atoms with van der Waals surface area (Å²) in [5, 5.41) is 20.3. The fourth-order valence-electron chi connectivity index (χ4n) is 3.19. The van der Waals surface area contributed by atoms with Crippen LogP contribution in [0.1, 0.15) is 17.5 Å². The molecule has 0 bridgehead atoms. The van der Waals surface area contributed by atoms with Crippen LogP contribution in [0.5, 0.6) is 0 Å². The zero-order valence-electron chi connectivity index (χ0n) is 14.1. The van der Waals surface area contributed by atoms with E-state index < -0.39 is 23.7 Å². The Kier molecular flexibility index (Phi) is 5.18. The molecule has 1 aromatic heterocycles. The Hall–Kier alpha value is -2.93. The molecule has 2 aromatic rings. The zero-order chi connectivity index (χ0) is 18.6. The third-order valence-corrected chi connectivity index (χ3v) is 4.42. The van der Waals surface area contributed by atoms with Gasteiger partial charge in [0.05, 0.1) is 12.1 Å². The largest absolute Gasteiger partial charge is 0.480 e. The smallest absolute Gasteiger partial charge is 0.410 e. The van der Waals surface area contributed by atoms with Crippen LogP contribution in [0.4, 0.5) is 4.79 Å². The molecule has 1 aliphatic heterocycles. The lowest BCUT2D eigenvalue weighted by Gasteiger charge is -2.23. The molecule has 1 amide bonds. The summed E-state index contributed by atoms with van der Waals surface area (Å²) in [7, 11) is 0. The second-order valence-electron chi connectivity index (χ2n) is 6.48. The highest BCUT2D eigenvalue weighted by Crippen LogP contribution is 2.31. The molecule has 1 saturated heterocycles. The van der Waals surface area contributed by atoms with Gasteiger partial charge in [0, 0.05) is 25.2 Å². The van der Waals surface area contributed by atoms with Crippen molar-refractivity contribution in [2.75, 3.05) is 6.54 Å². The highest BCUT2D eigenvalue weighted by molar-refractivity contribution is 5.81. The normalized spacial score (nSPS) is 22.2. The first-order chi connectivity index (χ1) is 12.5. The number of benzene rings is 1. The van der Waals surface area contributed by atoms with Crippen molar-refractivity contribution in [3.8, 4) is 0 Å². The van der Waals surface area contributed by atoms with Crippen molar-refractivity contribution in [2.24, 2.45) is 0 Å². The number of likely N-dealkylation sites (tertiary alicyclic amines) is 1. The van der Waals surface area contributed by atoms with E-state index in [-0.39, 0.29) is 26.0 Å². The number of carboxylic acid groups (broad SMARTS) is 1. The Labute approximate surface area is 150 Å². The van der Waals surface area contributed by atoms with E-state index in [9.17, 15) is 19.8 Å². The van der Waals surface area contributed by atoms with Crippen LogP contribution in [0, 0.1) is 0 Å². The molecule has 2 N–H and O–H groups in total. The molecule has 1 aromatic carbocycles. The second-order valence-corrected chi connectivity index (χ2v) is 6.48. The van der Waals surface area contributed by atoms with E-state index in [1.54, 1.807) is 24.5 Å². The van der Waals surface area contributed by atoms with Crippen LogP contribution >= 0.6 is 0 Å². The standard InChI is InChI=1S/C19H20N2O5/c22-17(23)16-11-19(25,10-14-6-8-20-9-7-14)13-21(16)18(24)26-12-15-4-2-1-3-5-15/h1-9,16,25H,10-13H2,(H,22,23)/t16-,19?/m0/s1. The van der Waals surface area contributed by atoms with Gasteiger partial charge in [-0.2, -0.15) is 0 Å². The number of amides is 1. The minimum absolute atomic E-state index is 0.0469. The lowest BCUT2D eigenvalue weighted by Crippen LogP contribution is -2.41. The number of rotatable bonds is 5. The summed E-state index contributed by atoms with van der Waals surface area (Å²) in [6.07, 6.45) is 2.65. The van der Waals surface area contributed by atoms with Crippen LogP contribution in [-0.4, -0.2) is 50.3 Å². The van der Waals surface area contributed by atoms with Crippen LogP contribution in [0.25, 0.3) is 0 Å². The number of hydrogen-bond acceptors (Lipinski definition) is 5. The van der Waals surface area contributed by atoms with Gasteiger partial charge in [0.1, 0.15) is 12.6 Å². The molecular formula is C19H20N2O5. The Balaban J connectivity index is 1.68. The topological polar surface area (TPSA) is 100.0 Å². The highest BCUT2D eigenvalue weighted by atomic mass is 16.6. The minimum Gasteiger partial charge on any atom is -0.480 e. The summed E-state index contributed by atoms with van der Waals surface area (Å²) in [6, 6.07) is 11.5. The summed E-state index contributed by atoms with van der Waals surface area (Å²) in [5.74, 6) is -1.16. The van der Waals surface area contributed by atoms with Gasteiger partial charge in [-0.25, -0.2) is 9.59 Å². The van der Waals surface area contributed by atoms with Crippen LogP contribution in [0.15, 0.2) is 54.9 Å². The third-order valence-electron chi connectivity index (χ3n) is 4.42. The second kappa shape index (κ2) is 7.53. The van der Waals surface area contributed by atoms with Crippen LogP contribution in [0.3, 0.4) is 0 Å². The van der Waals surface area contributed by atoms with E-state index in [1.165, 1.54) is 0 Å². The minimum atomic E-state index is -1.32. The molecule has 0 radical (unpaired) electrons. The van der Waals surface area contributed by atoms with Crippen molar-refractivity contribution in [3.63, 3.8) is 0 Å². The van der Waals surface area contributed by atoms with Crippen molar-refractivity contribution in [1.82, 2.24) is 9.88 Å². The number of aliphatic carboxylic acids is 1. The van der Waals surface area contributed by atoms with Crippen molar-refractivity contribution in [2.45, 2.75) is 31.1 Å². The fourth-order valence-corrected chi connectivity index (χ4v) is 3.19. The lowest BCUT2D eigenvalue weighted by molar-refractivity contribution is -0.141. The predicted molar refractivity (Wildman–Crippen MR) is 92.3 cm³/mol. The van der Waals surface area contributed by atoms with Gasteiger partial charge in [0.2, 0.25) is 0 Å². The molecule has 2 atom stereocenters. The first-order valence-electron chi connectivity index (χ1n) is 8.28. The first kappa shape index (κ1) is 17.9.